The number of rotatable bonds is 3. The van der Waals surface area contributed by atoms with Crippen LogP contribution in [0, 0.1) is 5.92 Å². The Balaban J connectivity index is 1.49. The first kappa shape index (κ1) is 12.2. The normalized spacial score (nSPS) is 28.8. The fourth-order valence-corrected chi connectivity index (χ4v) is 4.18. The second-order valence-corrected chi connectivity index (χ2v) is 6.65. The Morgan fingerprint density at radius 3 is 3.05 bits per heavy atom. The van der Waals surface area contributed by atoms with Crippen LogP contribution in [-0.2, 0) is 4.79 Å². The summed E-state index contributed by atoms with van der Waals surface area (Å²) in [6.45, 7) is 0.906. The lowest BCUT2D eigenvalue weighted by atomic mass is 10.1. The van der Waals surface area contributed by atoms with Crippen LogP contribution in [0.3, 0.4) is 0 Å². The highest BCUT2D eigenvalue weighted by atomic mass is 32.1. The summed E-state index contributed by atoms with van der Waals surface area (Å²) >= 11 is 1.76. The lowest BCUT2D eigenvalue weighted by molar-refractivity contribution is -0.133. The molecule has 0 radical (unpaired) electrons. The van der Waals surface area contributed by atoms with Crippen LogP contribution in [0.2, 0.25) is 0 Å². The van der Waals surface area contributed by atoms with Crippen molar-refractivity contribution in [2.45, 2.75) is 31.2 Å². The van der Waals surface area contributed by atoms with E-state index in [0.29, 0.717) is 17.9 Å². The Morgan fingerprint density at radius 2 is 2.30 bits per heavy atom. The van der Waals surface area contributed by atoms with E-state index in [-0.39, 0.29) is 5.92 Å². The number of carbonyl (C=O) groups excluding carboxylic acids is 1. The number of hydrogen-bond donors (Lipinski definition) is 0. The first-order chi connectivity index (χ1) is 9.84. The van der Waals surface area contributed by atoms with Crippen molar-refractivity contribution in [1.82, 2.24) is 4.90 Å². The van der Waals surface area contributed by atoms with E-state index in [1.807, 2.05) is 12.1 Å². The molecule has 1 amide bonds. The SMILES string of the molecule is O=C([C@@H]1C[C@H]1c1ccco1)N1CCC[C@@H]1c1cccs1. The second kappa shape index (κ2) is 4.77. The maximum Gasteiger partial charge on any atom is 0.226 e. The van der Waals surface area contributed by atoms with Crippen LogP contribution >= 0.6 is 11.3 Å². The van der Waals surface area contributed by atoms with Gasteiger partial charge >= 0.3 is 0 Å². The molecule has 1 saturated carbocycles. The zero-order valence-corrected chi connectivity index (χ0v) is 12.0. The van der Waals surface area contributed by atoms with Gasteiger partial charge in [0.2, 0.25) is 5.91 Å². The predicted octanol–water partition coefficient (Wildman–Crippen LogP) is 3.81. The van der Waals surface area contributed by atoms with Gasteiger partial charge in [0.15, 0.2) is 0 Å². The molecular weight excluding hydrogens is 270 g/mol. The Hall–Kier alpha value is -1.55. The summed E-state index contributed by atoms with van der Waals surface area (Å²) in [5.41, 5.74) is 0. The first-order valence-corrected chi connectivity index (χ1v) is 8.10. The Kier molecular flexibility index (Phi) is 2.91. The third-order valence-corrected chi connectivity index (χ3v) is 5.40. The average Bonchev–Trinajstić information content (AvgIpc) is 2.97. The van der Waals surface area contributed by atoms with Gasteiger partial charge in [0.05, 0.1) is 12.3 Å². The predicted molar refractivity (Wildman–Crippen MR) is 77.6 cm³/mol. The highest BCUT2D eigenvalue weighted by Gasteiger charge is 2.49. The molecule has 0 spiro atoms. The fourth-order valence-electron chi connectivity index (χ4n) is 3.30. The fraction of sp³-hybridized carbons (Fsp3) is 0.438. The number of nitrogens with zero attached hydrogens (tertiary/aromatic N) is 1. The van der Waals surface area contributed by atoms with Crippen LogP contribution in [0.15, 0.2) is 40.3 Å². The van der Waals surface area contributed by atoms with E-state index in [1.165, 1.54) is 4.88 Å². The van der Waals surface area contributed by atoms with Crippen LogP contribution in [0.5, 0.6) is 0 Å². The molecule has 2 aliphatic rings. The van der Waals surface area contributed by atoms with E-state index >= 15 is 0 Å². The van der Waals surface area contributed by atoms with Gasteiger partial charge in [-0.1, -0.05) is 6.07 Å². The lowest BCUT2D eigenvalue weighted by Crippen LogP contribution is -2.31. The van der Waals surface area contributed by atoms with E-state index in [0.717, 1.165) is 31.6 Å². The maximum absolute atomic E-state index is 12.7. The summed E-state index contributed by atoms with van der Waals surface area (Å²) in [6, 6.07) is 8.42. The average molecular weight is 287 g/mol. The van der Waals surface area contributed by atoms with E-state index in [9.17, 15) is 4.79 Å². The molecule has 0 bridgehead atoms. The van der Waals surface area contributed by atoms with Crippen LogP contribution in [-0.4, -0.2) is 17.4 Å². The minimum atomic E-state index is 0.140. The molecule has 0 N–H and O–H groups in total. The molecule has 1 aliphatic carbocycles. The summed E-state index contributed by atoms with van der Waals surface area (Å²) in [7, 11) is 0. The van der Waals surface area contributed by atoms with Gasteiger partial charge in [0, 0.05) is 23.3 Å². The van der Waals surface area contributed by atoms with Gasteiger partial charge < -0.3 is 9.32 Å². The lowest BCUT2D eigenvalue weighted by Gasteiger charge is -2.24. The second-order valence-electron chi connectivity index (χ2n) is 5.67. The number of amides is 1. The van der Waals surface area contributed by atoms with Crippen molar-refractivity contribution < 1.29 is 9.21 Å². The minimum absolute atomic E-state index is 0.140. The van der Waals surface area contributed by atoms with Gasteiger partial charge in [-0.25, -0.2) is 0 Å². The highest BCUT2D eigenvalue weighted by molar-refractivity contribution is 7.10. The smallest absolute Gasteiger partial charge is 0.226 e. The number of carbonyl (C=O) groups is 1. The van der Waals surface area contributed by atoms with Crippen molar-refractivity contribution in [3.63, 3.8) is 0 Å². The minimum Gasteiger partial charge on any atom is -0.469 e. The zero-order chi connectivity index (χ0) is 13.5. The number of likely N-dealkylation sites (tertiary alicyclic amines) is 1. The van der Waals surface area contributed by atoms with Gasteiger partial charge in [-0.15, -0.1) is 11.3 Å². The summed E-state index contributed by atoms with van der Waals surface area (Å²) in [6.07, 6.45) is 4.86. The molecule has 0 unspecified atom stereocenters. The Bertz CT molecular complexity index is 590. The van der Waals surface area contributed by atoms with E-state index in [4.69, 9.17) is 4.42 Å². The van der Waals surface area contributed by atoms with Gasteiger partial charge in [-0.2, -0.15) is 0 Å². The van der Waals surface area contributed by atoms with Crippen LogP contribution in [0.25, 0.3) is 0 Å². The molecule has 1 saturated heterocycles. The molecule has 4 heteroatoms. The summed E-state index contributed by atoms with van der Waals surface area (Å²) in [5, 5.41) is 2.10. The molecule has 0 aromatic carbocycles. The largest absolute Gasteiger partial charge is 0.469 e. The molecular formula is C16H17NO2S. The standard InChI is InChI=1S/C16H17NO2S/c18-16(12-10-11(12)14-5-2-8-19-14)17-7-1-4-13(17)15-6-3-9-20-15/h2-3,5-6,8-9,11-13H,1,4,7,10H2/t11-,12-,13-/m1/s1. The van der Waals surface area contributed by atoms with Gasteiger partial charge in [-0.3, -0.25) is 4.79 Å². The van der Waals surface area contributed by atoms with Gasteiger partial charge in [-0.05, 0) is 42.8 Å². The van der Waals surface area contributed by atoms with Crippen molar-refractivity contribution >= 4 is 17.2 Å². The maximum atomic E-state index is 12.7. The van der Waals surface area contributed by atoms with Crippen LogP contribution in [0.1, 0.15) is 41.9 Å². The van der Waals surface area contributed by atoms with Crippen molar-refractivity contribution in [2.24, 2.45) is 5.92 Å². The summed E-state index contributed by atoms with van der Waals surface area (Å²) in [5.74, 6) is 1.74. The molecule has 3 nitrogen and oxygen atoms in total. The zero-order valence-electron chi connectivity index (χ0n) is 11.2. The molecule has 104 valence electrons. The first-order valence-electron chi connectivity index (χ1n) is 7.22. The molecule has 1 aliphatic heterocycles. The van der Waals surface area contributed by atoms with E-state index in [1.54, 1.807) is 17.6 Å². The molecule has 3 heterocycles. The Morgan fingerprint density at radius 1 is 1.35 bits per heavy atom. The molecule has 3 atom stereocenters. The Labute approximate surface area is 122 Å². The molecule has 2 fully saturated rings. The van der Waals surface area contributed by atoms with E-state index < -0.39 is 0 Å². The van der Waals surface area contributed by atoms with Crippen molar-refractivity contribution in [3.05, 3.63) is 46.5 Å². The molecule has 2 aromatic heterocycles. The van der Waals surface area contributed by atoms with Crippen molar-refractivity contribution in [1.29, 1.82) is 0 Å². The monoisotopic (exact) mass is 287 g/mol. The number of thiophene rings is 1. The third kappa shape index (κ3) is 1.99. The van der Waals surface area contributed by atoms with Crippen molar-refractivity contribution in [3.8, 4) is 0 Å². The molecule has 20 heavy (non-hydrogen) atoms. The number of furan rings is 1. The van der Waals surface area contributed by atoms with Crippen LogP contribution in [0.4, 0.5) is 0 Å². The van der Waals surface area contributed by atoms with Gasteiger partial charge in [0.25, 0.3) is 0 Å². The summed E-state index contributed by atoms with van der Waals surface area (Å²) < 4.78 is 5.43. The molecule has 4 rings (SSSR count). The third-order valence-electron chi connectivity index (χ3n) is 4.42. The van der Waals surface area contributed by atoms with Crippen LogP contribution < -0.4 is 0 Å². The topological polar surface area (TPSA) is 33.5 Å². The highest BCUT2D eigenvalue weighted by Crippen LogP contribution is 2.50. The van der Waals surface area contributed by atoms with Crippen molar-refractivity contribution in [2.75, 3.05) is 6.54 Å². The quantitative estimate of drug-likeness (QED) is 0.860. The molecule has 2 aromatic rings. The number of hydrogen-bond acceptors (Lipinski definition) is 3. The summed E-state index contributed by atoms with van der Waals surface area (Å²) in [4.78, 5) is 16.1. The van der Waals surface area contributed by atoms with E-state index in [2.05, 4.69) is 22.4 Å². The van der Waals surface area contributed by atoms with Gasteiger partial charge in [0.1, 0.15) is 5.76 Å².